The van der Waals surface area contributed by atoms with Crippen molar-refractivity contribution in [1.82, 2.24) is 15.6 Å². The van der Waals surface area contributed by atoms with Crippen molar-refractivity contribution in [2.45, 2.75) is 63.7 Å². The zero-order valence-electron chi connectivity index (χ0n) is 17.3. The van der Waals surface area contributed by atoms with Gasteiger partial charge in [-0.3, -0.25) is 9.78 Å². The van der Waals surface area contributed by atoms with Gasteiger partial charge in [-0.2, -0.15) is 13.2 Å². The van der Waals surface area contributed by atoms with Crippen molar-refractivity contribution >= 4 is 11.6 Å². The Bertz CT molecular complexity index is 961. The van der Waals surface area contributed by atoms with Crippen LogP contribution in [0.1, 0.15) is 60.2 Å². The summed E-state index contributed by atoms with van der Waals surface area (Å²) in [5.41, 5.74) is 3.37. The predicted molar refractivity (Wildman–Crippen MR) is 113 cm³/mol. The smallest absolute Gasteiger partial charge is 0.325 e. The summed E-state index contributed by atoms with van der Waals surface area (Å²) in [5, 5.41) is 6.47. The molecule has 1 heterocycles. The van der Waals surface area contributed by atoms with Crippen LogP contribution in [0.4, 0.5) is 13.2 Å². The highest BCUT2D eigenvalue weighted by Crippen LogP contribution is 2.29. The second-order valence-electron chi connectivity index (χ2n) is 8.25. The molecule has 0 radical (unpaired) electrons. The molecule has 1 aromatic heterocycles. The van der Waals surface area contributed by atoms with E-state index in [-0.39, 0.29) is 12.3 Å². The number of rotatable bonds is 6. The fraction of sp³-hybridized carbons (Fsp3) is 0.417. The summed E-state index contributed by atoms with van der Waals surface area (Å²) in [7, 11) is 0. The normalized spacial score (nSPS) is 16.7. The molecule has 1 aromatic carbocycles. The number of hydrogen-bond donors (Lipinski definition) is 2. The van der Waals surface area contributed by atoms with Gasteiger partial charge in [-0.15, -0.1) is 0 Å². The first kappa shape index (κ1) is 21.6. The second kappa shape index (κ2) is 9.22. The van der Waals surface area contributed by atoms with Crippen LogP contribution in [-0.4, -0.2) is 16.9 Å². The lowest BCUT2D eigenvalue weighted by molar-refractivity contribution is -0.137. The van der Waals surface area contributed by atoms with Gasteiger partial charge < -0.3 is 10.6 Å². The van der Waals surface area contributed by atoms with Crippen LogP contribution >= 0.6 is 0 Å². The predicted octanol–water partition coefficient (Wildman–Crippen LogP) is 4.78. The number of benzene rings is 1. The number of allylic oxidation sites excluding steroid dienone is 1. The van der Waals surface area contributed by atoms with Crippen LogP contribution in [0.3, 0.4) is 0 Å². The molecule has 2 aromatic rings. The molecule has 0 aliphatic heterocycles. The lowest BCUT2D eigenvalue weighted by atomic mass is 9.95. The molecule has 2 aliphatic carbocycles. The van der Waals surface area contributed by atoms with Crippen LogP contribution in [0.5, 0.6) is 0 Å². The molecule has 2 aliphatic rings. The third-order valence-corrected chi connectivity index (χ3v) is 5.92. The molecule has 4 nitrogen and oxygen atoms in total. The van der Waals surface area contributed by atoms with Crippen molar-refractivity contribution in [1.29, 1.82) is 0 Å². The molecule has 1 saturated carbocycles. The van der Waals surface area contributed by atoms with E-state index in [0.29, 0.717) is 23.7 Å². The molecule has 0 unspecified atom stereocenters. The Kier molecular flexibility index (Phi) is 6.41. The molecule has 31 heavy (non-hydrogen) atoms. The summed E-state index contributed by atoms with van der Waals surface area (Å²) in [6.45, 7) is 0.744. The van der Waals surface area contributed by atoms with E-state index < -0.39 is 11.7 Å². The van der Waals surface area contributed by atoms with E-state index in [9.17, 15) is 18.0 Å². The molecule has 4 rings (SSSR count). The Morgan fingerprint density at radius 3 is 2.48 bits per heavy atom. The minimum atomic E-state index is -4.38. The largest absolute Gasteiger partial charge is 0.416 e. The summed E-state index contributed by atoms with van der Waals surface area (Å²) in [5.74, 6) is -0.262. The molecule has 0 saturated heterocycles. The van der Waals surface area contributed by atoms with E-state index in [1.807, 2.05) is 18.2 Å². The van der Waals surface area contributed by atoms with Gasteiger partial charge in [-0.05, 0) is 42.7 Å². The number of carbonyl (C=O) groups is 1. The van der Waals surface area contributed by atoms with Crippen molar-refractivity contribution in [3.05, 3.63) is 70.6 Å². The first-order valence-electron chi connectivity index (χ1n) is 10.8. The number of pyridine rings is 1. The molecule has 164 valence electrons. The number of amides is 1. The minimum absolute atomic E-state index is 0.0155. The van der Waals surface area contributed by atoms with Crippen LogP contribution in [0, 0.1) is 0 Å². The van der Waals surface area contributed by atoms with Gasteiger partial charge in [0.25, 0.3) is 0 Å². The van der Waals surface area contributed by atoms with Crippen LogP contribution in [0.2, 0.25) is 0 Å². The quantitative estimate of drug-likeness (QED) is 0.695. The number of aromatic nitrogens is 1. The van der Waals surface area contributed by atoms with E-state index >= 15 is 0 Å². The summed E-state index contributed by atoms with van der Waals surface area (Å²) >= 11 is 0. The summed E-state index contributed by atoms with van der Waals surface area (Å²) in [6.07, 6.45) is 4.57. The van der Waals surface area contributed by atoms with Gasteiger partial charge in [0, 0.05) is 30.3 Å². The first-order chi connectivity index (χ1) is 14.9. The van der Waals surface area contributed by atoms with E-state index in [4.69, 9.17) is 4.98 Å². The number of nitrogens with zero attached hydrogens (tertiary/aromatic N) is 1. The van der Waals surface area contributed by atoms with Gasteiger partial charge in [0.05, 0.1) is 23.4 Å². The van der Waals surface area contributed by atoms with Gasteiger partial charge in [0.15, 0.2) is 0 Å². The molecular weight excluding hydrogens is 403 g/mol. The van der Waals surface area contributed by atoms with Crippen molar-refractivity contribution in [2.24, 2.45) is 0 Å². The zero-order valence-corrected chi connectivity index (χ0v) is 17.3. The maximum Gasteiger partial charge on any atom is 0.416 e. The summed E-state index contributed by atoms with van der Waals surface area (Å²) in [6, 6.07) is 9.22. The van der Waals surface area contributed by atoms with Crippen LogP contribution in [-0.2, 0) is 30.4 Å². The van der Waals surface area contributed by atoms with E-state index in [0.717, 1.165) is 35.6 Å². The SMILES string of the molecule is O=C(Cc1ccc(C(F)(F)F)cc1)NC1=CCc2nc(CNC3CCCCC3)ccc21. The van der Waals surface area contributed by atoms with Crippen molar-refractivity contribution < 1.29 is 18.0 Å². The average molecular weight is 429 g/mol. The third kappa shape index (κ3) is 5.53. The van der Waals surface area contributed by atoms with Crippen molar-refractivity contribution in [3.8, 4) is 0 Å². The van der Waals surface area contributed by atoms with Crippen LogP contribution < -0.4 is 10.6 Å². The van der Waals surface area contributed by atoms with Gasteiger partial charge >= 0.3 is 6.18 Å². The van der Waals surface area contributed by atoms with E-state index in [1.165, 1.54) is 44.2 Å². The average Bonchev–Trinajstić information content (AvgIpc) is 3.14. The minimum Gasteiger partial charge on any atom is -0.325 e. The molecule has 1 fully saturated rings. The Morgan fingerprint density at radius 1 is 1.03 bits per heavy atom. The fourth-order valence-corrected chi connectivity index (χ4v) is 4.22. The van der Waals surface area contributed by atoms with Crippen LogP contribution in [0.15, 0.2) is 42.5 Å². The van der Waals surface area contributed by atoms with Gasteiger partial charge in [0.2, 0.25) is 5.91 Å². The van der Waals surface area contributed by atoms with Gasteiger partial charge in [0.1, 0.15) is 0 Å². The maximum atomic E-state index is 12.7. The molecule has 0 spiro atoms. The highest BCUT2D eigenvalue weighted by molar-refractivity contribution is 5.89. The van der Waals surface area contributed by atoms with E-state index in [1.54, 1.807) is 0 Å². The fourth-order valence-electron chi connectivity index (χ4n) is 4.22. The maximum absolute atomic E-state index is 12.7. The van der Waals surface area contributed by atoms with E-state index in [2.05, 4.69) is 10.6 Å². The van der Waals surface area contributed by atoms with Gasteiger partial charge in [-0.25, -0.2) is 0 Å². The molecule has 1 amide bonds. The van der Waals surface area contributed by atoms with Crippen molar-refractivity contribution in [2.75, 3.05) is 0 Å². The Hall–Kier alpha value is -2.67. The lowest BCUT2D eigenvalue weighted by Gasteiger charge is -2.22. The summed E-state index contributed by atoms with van der Waals surface area (Å²) < 4.78 is 38.0. The number of carbonyl (C=O) groups excluding carboxylic acids is 1. The standard InChI is InChI=1S/C24H26F3N3O/c25-24(26,27)17-8-6-16(7-9-17)14-23(31)30-22-13-12-21-20(22)11-10-19(29-21)15-28-18-4-2-1-3-5-18/h6-11,13,18,28H,1-5,12,14-15H2,(H,30,31). The zero-order chi connectivity index (χ0) is 21.8. The number of nitrogens with one attached hydrogen (secondary N) is 2. The Morgan fingerprint density at radius 2 is 1.77 bits per heavy atom. The Labute approximate surface area is 180 Å². The highest BCUT2D eigenvalue weighted by Gasteiger charge is 2.30. The molecule has 7 heteroatoms. The number of hydrogen-bond acceptors (Lipinski definition) is 3. The van der Waals surface area contributed by atoms with Gasteiger partial charge in [-0.1, -0.05) is 37.5 Å². The molecule has 2 N–H and O–H groups in total. The topological polar surface area (TPSA) is 54.0 Å². The second-order valence-corrected chi connectivity index (χ2v) is 8.25. The van der Waals surface area contributed by atoms with Crippen LogP contribution in [0.25, 0.3) is 5.70 Å². The molecule has 0 bridgehead atoms. The summed E-state index contributed by atoms with van der Waals surface area (Å²) in [4.78, 5) is 17.1. The molecule has 0 atom stereocenters. The third-order valence-electron chi connectivity index (χ3n) is 5.92. The molecular formula is C24H26F3N3O. The lowest BCUT2D eigenvalue weighted by Crippen LogP contribution is -2.30. The highest BCUT2D eigenvalue weighted by atomic mass is 19.4. The number of halogens is 3. The number of fused-ring (bicyclic) bond motifs is 1. The van der Waals surface area contributed by atoms with Crippen molar-refractivity contribution in [3.63, 3.8) is 0 Å². The monoisotopic (exact) mass is 429 g/mol. The Balaban J connectivity index is 1.32. The first-order valence-corrected chi connectivity index (χ1v) is 10.8. The number of alkyl halides is 3.